The van der Waals surface area contributed by atoms with Gasteiger partial charge in [0.25, 0.3) is 5.91 Å². The molecule has 2 N–H and O–H groups in total. The van der Waals surface area contributed by atoms with Crippen LogP contribution in [0.4, 0.5) is 5.69 Å². The summed E-state index contributed by atoms with van der Waals surface area (Å²) in [4.78, 5) is 36.0. The average molecular weight is 412 g/mol. The van der Waals surface area contributed by atoms with Crippen LogP contribution < -0.4 is 10.6 Å². The summed E-state index contributed by atoms with van der Waals surface area (Å²) in [7, 11) is 0. The number of hydrogen-bond donors (Lipinski definition) is 2. The van der Waals surface area contributed by atoms with Crippen LogP contribution in [0.25, 0.3) is 12.2 Å². The summed E-state index contributed by atoms with van der Waals surface area (Å²) in [6, 6.07) is 23.6. The highest BCUT2D eigenvalue weighted by Gasteiger charge is 2.16. The predicted molar refractivity (Wildman–Crippen MR) is 124 cm³/mol. The molecule has 0 saturated heterocycles. The van der Waals surface area contributed by atoms with E-state index in [1.54, 1.807) is 18.2 Å². The number of rotatable bonds is 8. The lowest BCUT2D eigenvalue weighted by molar-refractivity contribution is -0.114. The van der Waals surface area contributed by atoms with Crippen molar-refractivity contribution in [2.24, 2.45) is 0 Å². The first-order chi connectivity index (χ1) is 15.0. The standard InChI is InChI=1S/C26H24N2O3/c1-19(30)27-23-14-15-25(22(17-23)13-12-20-8-4-2-5-9-20)26(31)28-24(18-29)16-21-10-6-3-7-11-21/h2-15,17-18,24H,16H2,1H3,(H,27,30)(H,28,31)/b13-12+/t24-/m0/s1. The van der Waals surface area contributed by atoms with Crippen LogP contribution in [-0.4, -0.2) is 24.1 Å². The molecule has 5 nitrogen and oxygen atoms in total. The van der Waals surface area contributed by atoms with Crippen molar-refractivity contribution in [1.82, 2.24) is 5.32 Å². The molecule has 0 unspecified atom stereocenters. The molecule has 5 heteroatoms. The van der Waals surface area contributed by atoms with E-state index in [9.17, 15) is 14.4 Å². The molecule has 2 amide bonds. The molecule has 1 atom stereocenters. The van der Waals surface area contributed by atoms with Gasteiger partial charge in [0.1, 0.15) is 6.29 Å². The first kappa shape index (κ1) is 21.7. The number of nitrogens with one attached hydrogen (secondary N) is 2. The van der Waals surface area contributed by atoms with Crippen LogP contribution in [0.15, 0.2) is 78.9 Å². The van der Waals surface area contributed by atoms with Crippen LogP contribution in [0.5, 0.6) is 0 Å². The number of carbonyl (C=O) groups excluding carboxylic acids is 3. The van der Waals surface area contributed by atoms with Crippen molar-refractivity contribution in [2.75, 3.05) is 5.32 Å². The molecule has 0 aliphatic rings. The highest BCUT2D eigenvalue weighted by atomic mass is 16.2. The molecule has 0 heterocycles. The third-order valence-corrected chi connectivity index (χ3v) is 4.65. The second-order valence-electron chi connectivity index (χ2n) is 7.13. The topological polar surface area (TPSA) is 75.3 Å². The van der Waals surface area contributed by atoms with Gasteiger partial charge < -0.3 is 15.4 Å². The van der Waals surface area contributed by atoms with Gasteiger partial charge in [0, 0.05) is 18.2 Å². The minimum Gasteiger partial charge on any atom is -0.342 e. The molecule has 0 spiro atoms. The van der Waals surface area contributed by atoms with Gasteiger partial charge in [-0.3, -0.25) is 9.59 Å². The highest BCUT2D eigenvalue weighted by Crippen LogP contribution is 2.20. The van der Waals surface area contributed by atoms with Gasteiger partial charge >= 0.3 is 0 Å². The number of hydrogen-bond acceptors (Lipinski definition) is 3. The Kier molecular flexibility index (Phi) is 7.49. The highest BCUT2D eigenvalue weighted by molar-refractivity contribution is 6.01. The minimum atomic E-state index is -0.643. The molecular weight excluding hydrogens is 388 g/mol. The fourth-order valence-electron chi connectivity index (χ4n) is 3.19. The Morgan fingerprint density at radius 2 is 1.58 bits per heavy atom. The lowest BCUT2D eigenvalue weighted by atomic mass is 10.0. The predicted octanol–water partition coefficient (Wildman–Crippen LogP) is 4.36. The summed E-state index contributed by atoms with van der Waals surface area (Å²) in [6.45, 7) is 1.43. The maximum atomic E-state index is 13.0. The van der Waals surface area contributed by atoms with Crippen molar-refractivity contribution < 1.29 is 14.4 Å². The van der Waals surface area contributed by atoms with E-state index in [1.807, 2.05) is 72.8 Å². The largest absolute Gasteiger partial charge is 0.342 e. The molecule has 0 fully saturated rings. The average Bonchev–Trinajstić information content (AvgIpc) is 2.78. The van der Waals surface area contributed by atoms with E-state index >= 15 is 0 Å². The van der Waals surface area contributed by atoms with Crippen molar-refractivity contribution in [3.05, 3.63) is 101 Å². The van der Waals surface area contributed by atoms with Crippen LogP contribution in [0.1, 0.15) is 34.0 Å². The molecule has 0 bridgehead atoms. The van der Waals surface area contributed by atoms with Crippen molar-refractivity contribution in [3.8, 4) is 0 Å². The summed E-state index contributed by atoms with van der Waals surface area (Å²) < 4.78 is 0. The molecule has 156 valence electrons. The first-order valence-corrected chi connectivity index (χ1v) is 10.00. The number of amides is 2. The van der Waals surface area contributed by atoms with Gasteiger partial charge in [-0.2, -0.15) is 0 Å². The summed E-state index contributed by atoms with van der Waals surface area (Å²) in [6.07, 6.45) is 4.87. The quantitative estimate of drug-likeness (QED) is 0.427. The van der Waals surface area contributed by atoms with Crippen molar-refractivity contribution in [2.45, 2.75) is 19.4 Å². The van der Waals surface area contributed by atoms with Crippen LogP contribution in [0, 0.1) is 0 Å². The summed E-state index contributed by atoms with van der Waals surface area (Å²) in [5.41, 5.74) is 3.59. The molecule has 0 aliphatic heterocycles. The summed E-state index contributed by atoms with van der Waals surface area (Å²) >= 11 is 0. The minimum absolute atomic E-state index is 0.195. The zero-order valence-corrected chi connectivity index (χ0v) is 17.2. The van der Waals surface area contributed by atoms with Gasteiger partial charge in [-0.15, -0.1) is 0 Å². The Hall–Kier alpha value is -3.99. The van der Waals surface area contributed by atoms with E-state index in [1.165, 1.54) is 6.92 Å². The fraction of sp³-hybridized carbons (Fsp3) is 0.115. The number of benzene rings is 3. The fourth-order valence-corrected chi connectivity index (χ4v) is 3.19. The van der Waals surface area contributed by atoms with Crippen LogP contribution in [0.2, 0.25) is 0 Å². The number of carbonyl (C=O) groups is 3. The van der Waals surface area contributed by atoms with E-state index in [0.717, 1.165) is 17.4 Å². The molecule has 0 saturated carbocycles. The molecule has 3 rings (SSSR count). The smallest absolute Gasteiger partial charge is 0.252 e. The Bertz CT molecular complexity index is 1080. The second-order valence-corrected chi connectivity index (χ2v) is 7.13. The molecule has 0 radical (unpaired) electrons. The molecular formula is C26H24N2O3. The van der Waals surface area contributed by atoms with Gasteiger partial charge in [-0.25, -0.2) is 0 Å². The molecule has 3 aromatic rings. The van der Waals surface area contributed by atoms with E-state index in [2.05, 4.69) is 10.6 Å². The van der Waals surface area contributed by atoms with E-state index in [0.29, 0.717) is 23.2 Å². The molecule has 0 aliphatic carbocycles. The van der Waals surface area contributed by atoms with E-state index in [4.69, 9.17) is 0 Å². The molecule has 0 aromatic heterocycles. The van der Waals surface area contributed by atoms with Crippen molar-refractivity contribution >= 4 is 35.9 Å². The summed E-state index contributed by atoms with van der Waals surface area (Å²) in [5, 5.41) is 5.54. The monoisotopic (exact) mass is 412 g/mol. The number of anilines is 1. The van der Waals surface area contributed by atoms with Gasteiger partial charge in [0.05, 0.1) is 6.04 Å². The first-order valence-electron chi connectivity index (χ1n) is 10.00. The van der Waals surface area contributed by atoms with Crippen molar-refractivity contribution in [3.63, 3.8) is 0 Å². The van der Waals surface area contributed by atoms with Crippen LogP contribution >= 0.6 is 0 Å². The summed E-state index contributed by atoms with van der Waals surface area (Å²) in [5.74, 6) is -0.547. The Morgan fingerprint density at radius 3 is 2.23 bits per heavy atom. The lowest BCUT2D eigenvalue weighted by Gasteiger charge is -2.15. The van der Waals surface area contributed by atoms with Gasteiger partial charge in [0.2, 0.25) is 5.91 Å². The third kappa shape index (κ3) is 6.51. The SMILES string of the molecule is CC(=O)Nc1ccc(C(=O)N[C@H](C=O)Cc2ccccc2)c(/C=C/c2ccccc2)c1. The Labute approximate surface area is 181 Å². The van der Waals surface area contributed by atoms with Gasteiger partial charge in [-0.1, -0.05) is 72.8 Å². The van der Waals surface area contributed by atoms with Gasteiger partial charge in [-0.05, 0) is 41.3 Å². The Balaban J connectivity index is 1.85. The maximum Gasteiger partial charge on any atom is 0.252 e. The zero-order chi connectivity index (χ0) is 22.1. The third-order valence-electron chi connectivity index (χ3n) is 4.65. The zero-order valence-electron chi connectivity index (χ0n) is 17.2. The molecule has 31 heavy (non-hydrogen) atoms. The van der Waals surface area contributed by atoms with Crippen LogP contribution in [0.3, 0.4) is 0 Å². The van der Waals surface area contributed by atoms with E-state index < -0.39 is 6.04 Å². The van der Waals surface area contributed by atoms with E-state index in [-0.39, 0.29) is 11.8 Å². The van der Waals surface area contributed by atoms with Crippen molar-refractivity contribution in [1.29, 1.82) is 0 Å². The number of aldehydes is 1. The van der Waals surface area contributed by atoms with Gasteiger partial charge in [0.15, 0.2) is 0 Å². The lowest BCUT2D eigenvalue weighted by Crippen LogP contribution is -2.37. The van der Waals surface area contributed by atoms with Crippen LogP contribution in [-0.2, 0) is 16.0 Å². The second kappa shape index (κ2) is 10.7. The normalized spacial score (nSPS) is 11.6. The maximum absolute atomic E-state index is 13.0. The Morgan fingerprint density at radius 1 is 0.903 bits per heavy atom. The molecule has 3 aromatic carbocycles.